The molecule has 2 N–H and O–H groups in total. The van der Waals surface area contributed by atoms with Crippen LogP contribution in [0.5, 0.6) is 0 Å². The highest BCUT2D eigenvalue weighted by Crippen LogP contribution is 2.52. The number of amides is 1. The zero-order valence-electron chi connectivity index (χ0n) is 24.3. The van der Waals surface area contributed by atoms with Crippen molar-refractivity contribution >= 4 is 51.7 Å². The number of anilines is 1. The van der Waals surface area contributed by atoms with Crippen LogP contribution in [0.3, 0.4) is 0 Å². The van der Waals surface area contributed by atoms with Gasteiger partial charge in [-0.1, -0.05) is 50.9 Å². The van der Waals surface area contributed by atoms with E-state index < -0.39 is 40.5 Å². The second-order valence-corrected chi connectivity index (χ2v) is 16.5. The molecule has 2 heterocycles. The zero-order valence-corrected chi connectivity index (χ0v) is 26.7. The number of aryl methyl sites for hydroxylation is 1. The quantitative estimate of drug-likeness (QED) is 0.249. The minimum Gasteiger partial charge on any atom is -0.509 e. The molecule has 1 unspecified atom stereocenters. The van der Waals surface area contributed by atoms with Crippen molar-refractivity contribution in [2.24, 2.45) is 10.2 Å². The van der Waals surface area contributed by atoms with E-state index in [0.717, 1.165) is 18.4 Å². The van der Waals surface area contributed by atoms with Crippen molar-refractivity contribution in [2.45, 2.75) is 59.0 Å². The van der Waals surface area contributed by atoms with Crippen LogP contribution in [-0.2, 0) is 36.7 Å². The van der Waals surface area contributed by atoms with Crippen LogP contribution in [0.25, 0.3) is 0 Å². The molecular weight excluding hydrogens is 604 g/mol. The Kier molecular flexibility index (Phi) is 9.28. The number of halogens is 2. The maximum Gasteiger partial charge on any atom is 0.348 e. The number of rotatable bonds is 10. The van der Waals surface area contributed by atoms with Gasteiger partial charge in [0.25, 0.3) is 5.91 Å². The molecule has 0 fully saturated rings. The molecule has 13 heteroatoms. The fraction of sp³-hybridized carbons (Fsp3) is 0.448. The van der Waals surface area contributed by atoms with Crippen molar-refractivity contribution in [3.05, 3.63) is 69.7 Å². The van der Waals surface area contributed by atoms with Gasteiger partial charge in [-0.05, 0) is 60.1 Å². The smallest absolute Gasteiger partial charge is 0.348 e. The average molecular weight is 640 g/mol. The van der Waals surface area contributed by atoms with Gasteiger partial charge in [0.2, 0.25) is 0 Å². The summed E-state index contributed by atoms with van der Waals surface area (Å²) in [5, 5.41) is 14.8. The summed E-state index contributed by atoms with van der Waals surface area (Å²) < 4.78 is 60.2. The predicted molar refractivity (Wildman–Crippen MR) is 164 cm³/mol. The molecule has 2 aliphatic rings. The number of aliphatic hydroxyl groups excluding tert-OH is 1. The van der Waals surface area contributed by atoms with E-state index >= 15 is 0 Å². The lowest BCUT2D eigenvalue weighted by Crippen LogP contribution is -2.43. The van der Waals surface area contributed by atoms with E-state index in [-0.39, 0.29) is 34.5 Å². The lowest BCUT2D eigenvalue weighted by molar-refractivity contribution is -0.129. The van der Waals surface area contributed by atoms with Gasteiger partial charge < -0.3 is 19.8 Å². The molecule has 0 bridgehead atoms. The summed E-state index contributed by atoms with van der Waals surface area (Å²) >= 11 is 5.97. The highest BCUT2D eigenvalue weighted by molar-refractivity contribution is 7.90. The third-order valence-electron chi connectivity index (χ3n) is 7.27. The van der Waals surface area contributed by atoms with Gasteiger partial charge in [-0.2, -0.15) is 4.76 Å². The molecule has 2 aromatic rings. The summed E-state index contributed by atoms with van der Waals surface area (Å²) in [7, 11) is -5.55. The number of nitrogens with one attached hydrogen (secondary N) is 1. The van der Waals surface area contributed by atoms with E-state index in [2.05, 4.69) is 10.1 Å². The molecule has 0 saturated heterocycles. The molecule has 9 nitrogen and oxygen atoms in total. The maximum absolute atomic E-state index is 14.0. The molecule has 0 saturated carbocycles. The number of aliphatic hydroxyl groups is 1. The first-order chi connectivity index (χ1) is 19.5. The van der Waals surface area contributed by atoms with Crippen LogP contribution < -0.4 is 10.6 Å². The van der Waals surface area contributed by atoms with E-state index in [1.165, 1.54) is 36.5 Å². The Hall–Kier alpha value is -2.72. The first-order valence-electron chi connectivity index (χ1n) is 13.6. The molecule has 0 aliphatic carbocycles. The molecule has 0 spiro atoms. The molecule has 228 valence electrons. The third kappa shape index (κ3) is 6.91. The van der Waals surface area contributed by atoms with Gasteiger partial charge in [0.1, 0.15) is 27.0 Å². The molecule has 2 atom stereocenters. The molecule has 2 aromatic carbocycles. The molecule has 2 aliphatic heterocycles. The van der Waals surface area contributed by atoms with Gasteiger partial charge in [-0.25, -0.2) is 12.8 Å². The molecule has 42 heavy (non-hydrogen) atoms. The van der Waals surface area contributed by atoms with Gasteiger partial charge >= 0.3 is 7.52 Å². The highest BCUT2D eigenvalue weighted by atomic mass is 35.5. The van der Waals surface area contributed by atoms with Crippen molar-refractivity contribution in [3.8, 4) is 0 Å². The lowest BCUT2D eigenvalue weighted by atomic mass is 9.85. The van der Waals surface area contributed by atoms with Crippen molar-refractivity contribution in [2.75, 3.05) is 24.4 Å². The Morgan fingerprint density at radius 1 is 1.14 bits per heavy atom. The Balaban J connectivity index is 1.62. The number of hydrogen-bond donors (Lipinski definition) is 2. The number of fused-ring (bicyclic) bond motifs is 1. The molecule has 1 amide bonds. The number of hydrogen-bond acceptors (Lipinski definition) is 7. The number of amidine groups is 1. The number of carbonyl (C=O) groups is 1. The fourth-order valence-corrected chi connectivity index (χ4v) is 7.78. The second kappa shape index (κ2) is 12.1. The zero-order chi connectivity index (χ0) is 31.0. The predicted octanol–water partition coefficient (Wildman–Crippen LogP) is 5.79. The first-order valence-corrected chi connectivity index (χ1v) is 17.6. The molecule has 0 aromatic heterocycles. The monoisotopic (exact) mass is 639 g/mol. The maximum atomic E-state index is 14.0. The Morgan fingerprint density at radius 2 is 1.83 bits per heavy atom. The van der Waals surface area contributed by atoms with E-state index in [9.17, 15) is 27.3 Å². The molecule has 4 rings (SSSR count). The van der Waals surface area contributed by atoms with E-state index in [1.54, 1.807) is 12.1 Å². The Bertz CT molecular complexity index is 1620. The van der Waals surface area contributed by atoms with Crippen LogP contribution in [0.1, 0.15) is 51.2 Å². The van der Waals surface area contributed by atoms with Crippen LogP contribution in [0, 0.1) is 11.2 Å². The van der Waals surface area contributed by atoms with Crippen LogP contribution in [-0.4, -0.2) is 55.3 Å². The first kappa shape index (κ1) is 32.2. The number of sulfone groups is 1. The van der Waals surface area contributed by atoms with Gasteiger partial charge in [-0.3, -0.25) is 9.36 Å². The number of nitrogens with zero attached hydrogens (tertiary/aromatic N) is 2. The van der Waals surface area contributed by atoms with Crippen LogP contribution in [0.15, 0.2) is 52.5 Å². The van der Waals surface area contributed by atoms with Crippen LogP contribution in [0.2, 0.25) is 5.02 Å². The summed E-state index contributed by atoms with van der Waals surface area (Å²) in [6.45, 7) is 5.68. The van der Waals surface area contributed by atoms with Crippen LogP contribution in [0.4, 0.5) is 10.1 Å². The van der Waals surface area contributed by atoms with Crippen molar-refractivity contribution in [1.29, 1.82) is 0 Å². The van der Waals surface area contributed by atoms with Gasteiger partial charge in [0, 0.05) is 25.7 Å². The van der Waals surface area contributed by atoms with Gasteiger partial charge in [0.05, 0.1) is 22.1 Å². The Labute approximate surface area is 251 Å². The van der Waals surface area contributed by atoms with E-state index in [1.807, 2.05) is 26.8 Å². The third-order valence-corrected chi connectivity index (χ3v) is 10.5. The summed E-state index contributed by atoms with van der Waals surface area (Å²) in [4.78, 5) is 15.3. The minimum absolute atomic E-state index is 0.0493. The summed E-state index contributed by atoms with van der Waals surface area (Å²) in [5.41, 5.74) is 1.20. The largest absolute Gasteiger partial charge is 0.509 e. The standard InChI is InChI=1S/C29H36ClFN3O6PS/c1-29(2,3)26-25(35)24(28(36)34(26)17-19-10-12-21(31)20(30)15-19)27-32-22-13-11-18(9-7-6-8-14-42(5,38)39)16-23(22)41(37,33-27)40-4/h10-13,15-16,26,35H,6-9,14,17H2,1-5H3,(H,32,33,37)/t26-,41?/m1/s1. The van der Waals surface area contributed by atoms with Crippen LogP contribution >= 0.6 is 19.1 Å². The second-order valence-electron chi connectivity index (χ2n) is 11.8. The van der Waals surface area contributed by atoms with Gasteiger partial charge in [0.15, 0.2) is 5.84 Å². The average Bonchev–Trinajstić information content (AvgIpc) is 3.14. The van der Waals surface area contributed by atoms with E-state index in [4.69, 9.17) is 16.1 Å². The van der Waals surface area contributed by atoms with Crippen molar-refractivity contribution in [3.63, 3.8) is 0 Å². The van der Waals surface area contributed by atoms with Crippen molar-refractivity contribution in [1.82, 2.24) is 4.90 Å². The summed E-state index contributed by atoms with van der Waals surface area (Å²) in [6, 6.07) is 8.78. The van der Waals surface area contributed by atoms with E-state index in [0.29, 0.717) is 29.4 Å². The topological polar surface area (TPSA) is 125 Å². The number of carbonyl (C=O) groups excluding carboxylic acids is 1. The van der Waals surface area contributed by atoms with Crippen molar-refractivity contribution < 1.29 is 31.8 Å². The summed E-state index contributed by atoms with van der Waals surface area (Å²) in [6.07, 6.45) is 3.93. The minimum atomic E-state index is -3.83. The molecule has 0 radical (unpaired) electrons. The lowest BCUT2D eigenvalue weighted by Gasteiger charge is -2.35. The molecular formula is C29H36ClFN3O6PS. The summed E-state index contributed by atoms with van der Waals surface area (Å²) in [5.74, 6) is -1.24. The fourth-order valence-electron chi connectivity index (χ4n) is 5.28. The highest BCUT2D eigenvalue weighted by Gasteiger charge is 2.48. The SMILES string of the molecule is COP1(=O)N=C(C2=C(O)[C@H](C(C)(C)C)N(Cc3ccc(F)c(Cl)c3)C2=O)Nc2ccc(CCCCCS(C)(=O)=O)cc21. The number of unbranched alkanes of at least 4 members (excludes halogenated alkanes) is 2. The van der Waals surface area contributed by atoms with Gasteiger partial charge in [-0.15, -0.1) is 0 Å². The Morgan fingerprint density at radius 3 is 2.45 bits per heavy atom. The normalized spacial score (nSPS) is 20.9. The number of benzene rings is 2.